The van der Waals surface area contributed by atoms with E-state index in [1.807, 2.05) is 79.4 Å². The molecule has 46 heavy (non-hydrogen) atoms. The molecule has 0 fully saturated rings. The number of rotatable bonds is 11. The number of carbonyl (C=O) groups is 1. The highest BCUT2D eigenvalue weighted by molar-refractivity contribution is 6.07. The van der Waals surface area contributed by atoms with E-state index in [4.69, 9.17) is 4.74 Å². The molecular formula is C37H51N5O4. The molecule has 0 aliphatic rings. The lowest BCUT2D eigenvalue weighted by Gasteiger charge is -2.26. The number of ether oxygens (including phenoxy) is 1. The maximum Gasteiger partial charge on any atom is 0.412 e. The molecule has 9 heteroatoms. The van der Waals surface area contributed by atoms with E-state index in [9.17, 15) is 14.9 Å². The summed E-state index contributed by atoms with van der Waals surface area (Å²) in [5.74, 6) is 0.0121. The first-order valence-electron chi connectivity index (χ1n) is 15.7. The van der Waals surface area contributed by atoms with E-state index >= 15 is 0 Å². The molecule has 0 aliphatic carbocycles. The fourth-order valence-electron chi connectivity index (χ4n) is 3.92. The third-order valence-corrected chi connectivity index (χ3v) is 6.15. The molecule has 1 amide bonds. The number of hydrogen-bond acceptors (Lipinski definition) is 6. The van der Waals surface area contributed by atoms with Crippen LogP contribution in [0.1, 0.15) is 79.4 Å². The fourth-order valence-corrected chi connectivity index (χ4v) is 3.92. The largest absolute Gasteiger partial charge is 0.444 e. The van der Waals surface area contributed by atoms with Crippen LogP contribution in [0.4, 0.5) is 16.2 Å². The minimum atomic E-state index is -0.655. The molecule has 248 valence electrons. The van der Waals surface area contributed by atoms with Crippen LogP contribution in [-0.2, 0) is 17.8 Å². The number of benzene rings is 3. The summed E-state index contributed by atoms with van der Waals surface area (Å²) in [6.07, 6.45) is 3.28. The lowest BCUT2D eigenvalue weighted by molar-refractivity contribution is -0.417. The van der Waals surface area contributed by atoms with E-state index in [-0.39, 0.29) is 11.5 Å². The third kappa shape index (κ3) is 14.7. The summed E-state index contributed by atoms with van der Waals surface area (Å²) >= 11 is 0. The van der Waals surface area contributed by atoms with Crippen LogP contribution in [0.5, 0.6) is 0 Å². The first-order valence-corrected chi connectivity index (χ1v) is 15.7. The van der Waals surface area contributed by atoms with Crippen LogP contribution in [0.25, 0.3) is 0 Å². The van der Waals surface area contributed by atoms with Crippen LogP contribution in [0, 0.1) is 10.1 Å². The van der Waals surface area contributed by atoms with Gasteiger partial charge in [-0.1, -0.05) is 114 Å². The number of carbonyl (C=O) groups excluding carboxylic acids is 1. The number of allylic oxidation sites excluding steroid dienone is 1. The number of nitrogens with zero attached hydrogens (tertiary/aromatic N) is 3. The number of anilines is 2. The van der Waals surface area contributed by atoms with Crippen molar-refractivity contribution in [2.75, 3.05) is 10.6 Å². The molecule has 3 rings (SSSR count). The fraction of sp³-hybridized carbons (Fsp3) is 0.351. The van der Waals surface area contributed by atoms with Gasteiger partial charge >= 0.3 is 11.8 Å². The predicted molar refractivity (Wildman–Crippen MR) is 191 cm³/mol. The summed E-state index contributed by atoms with van der Waals surface area (Å²) in [6.45, 7) is 20.0. The van der Waals surface area contributed by atoms with E-state index in [1.54, 1.807) is 52.0 Å². The third-order valence-electron chi connectivity index (χ3n) is 6.15. The second kappa shape index (κ2) is 20.9. The normalized spacial score (nSPS) is 11.3. The zero-order valence-corrected chi connectivity index (χ0v) is 28.7. The Labute approximate surface area is 275 Å². The van der Waals surface area contributed by atoms with Crippen LogP contribution >= 0.6 is 0 Å². The van der Waals surface area contributed by atoms with Gasteiger partial charge in [0.2, 0.25) is 5.84 Å². The summed E-state index contributed by atoms with van der Waals surface area (Å²) in [5, 5.41) is 18.2. The molecule has 2 N–H and O–H groups in total. The van der Waals surface area contributed by atoms with Gasteiger partial charge in [0.05, 0.1) is 10.6 Å². The van der Waals surface area contributed by atoms with Crippen molar-refractivity contribution >= 4 is 23.3 Å². The topological polar surface area (TPSA) is 109 Å². The van der Waals surface area contributed by atoms with Gasteiger partial charge in [0.15, 0.2) is 0 Å². The quantitative estimate of drug-likeness (QED) is 0.0945. The van der Waals surface area contributed by atoms with Gasteiger partial charge in [0, 0.05) is 30.7 Å². The zero-order chi connectivity index (χ0) is 34.5. The van der Waals surface area contributed by atoms with Crippen LogP contribution in [0.3, 0.4) is 0 Å². The van der Waals surface area contributed by atoms with Gasteiger partial charge in [-0.3, -0.25) is 15.4 Å². The summed E-state index contributed by atoms with van der Waals surface area (Å²) in [7, 11) is 0. The zero-order valence-electron chi connectivity index (χ0n) is 28.7. The lowest BCUT2D eigenvalue weighted by Crippen LogP contribution is -2.29. The van der Waals surface area contributed by atoms with E-state index in [0.717, 1.165) is 11.1 Å². The maximum atomic E-state index is 12.5. The van der Waals surface area contributed by atoms with Crippen molar-refractivity contribution in [2.24, 2.45) is 4.99 Å². The monoisotopic (exact) mass is 629 g/mol. The molecule has 0 saturated carbocycles. The number of amides is 1. The van der Waals surface area contributed by atoms with Gasteiger partial charge in [-0.2, -0.15) is 0 Å². The van der Waals surface area contributed by atoms with Crippen molar-refractivity contribution in [1.29, 1.82) is 0 Å². The molecule has 0 radical (unpaired) electrons. The smallest absolute Gasteiger partial charge is 0.412 e. The molecule has 0 aromatic heterocycles. The molecule has 0 saturated heterocycles. The molecule has 0 unspecified atom stereocenters. The number of hydrogen-bond donors (Lipinski definition) is 2. The second-order valence-corrected chi connectivity index (χ2v) is 11.0. The Morgan fingerprint density at radius 3 is 1.78 bits per heavy atom. The molecule has 3 aromatic carbocycles. The molecule has 3 aromatic rings. The van der Waals surface area contributed by atoms with Gasteiger partial charge in [-0.25, -0.2) is 9.79 Å². The van der Waals surface area contributed by atoms with Crippen LogP contribution in [0.15, 0.2) is 114 Å². The molecule has 0 bridgehead atoms. The molecule has 0 atom stereocenters. The average molecular weight is 630 g/mol. The second-order valence-electron chi connectivity index (χ2n) is 11.0. The highest BCUT2D eigenvalue weighted by atomic mass is 16.6. The Hall–Kier alpha value is -4.92. The number of nitrogens with one attached hydrogen (secondary N) is 2. The number of aliphatic imine (C=N–C) groups is 1. The van der Waals surface area contributed by atoms with Crippen molar-refractivity contribution in [3.05, 3.63) is 130 Å². The van der Waals surface area contributed by atoms with Crippen molar-refractivity contribution < 1.29 is 14.5 Å². The minimum absolute atomic E-state index is 0.0121. The summed E-state index contributed by atoms with van der Waals surface area (Å²) in [5.41, 5.74) is 2.53. The number of unbranched alkanes of at least 4 members (excludes halogenated alkanes) is 1. The minimum Gasteiger partial charge on any atom is -0.444 e. The Morgan fingerprint density at radius 1 is 0.891 bits per heavy atom. The standard InChI is InChI=1S/C31H35N5O4.C4H10.C2H6/c1-6-32-29(33-26-18-13-19-27(20-26)34-30(37)40-31(3,4)5)28(36(38)39)23(2)35(21-24-14-9-7-10-15-24)22-25-16-11-8-12-17-25;1-3-4-2;1-2/h6-20H,1,21-22H2,2-5H3,(H,32,33)(H,34,37);3-4H2,1-2H3;1-2H3/b28-23-;;. The molecular weight excluding hydrogens is 578 g/mol. The van der Waals surface area contributed by atoms with Crippen molar-refractivity contribution in [1.82, 2.24) is 4.90 Å². The average Bonchev–Trinajstić information content (AvgIpc) is 3.02. The first kappa shape index (κ1) is 39.1. The SMILES string of the molecule is C=CN=C(Nc1cccc(NC(=O)OC(C)(C)C)c1)/C(=C(\C)N(Cc1ccccc1)Cc1ccccc1)[N+](=O)[O-].CC.CCCC. The Balaban J connectivity index is 0.00000163. The summed E-state index contributed by atoms with van der Waals surface area (Å²) < 4.78 is 5.32. The molecule has 9 nitrogen and oxygen atoms in total. The van der Waals surface area contributed by atoms with E-state index in [2.05, 4.69) is 36.1 Å². The van der Waals surface area contributed by atoms with Gasteiger partial charge in [-0.05, 0) is 57.0 Å². The Bertz CT molecular complexity index is 1370. The molecule has 0 spiro atoms. The summed E-state index contributed by atoms with van der Waals surface area (Å²) in [4.78, 5) is 30.5. The van der Waals surface area contributed by atoms with Gasteiger partial charge in [0.1, 0.15) is 5.60 Å². The Kier molecular flexibility index (Phi) is 17.8. The number of nitro groups is 1. The molecule has 0 aliphatic heterocycles. The van der Waals surface area contributed by atoms with Crippen molar-refractivity contribution in [3.63, 3.8) is 0 Å². The van der Waals surface area contributed by atoms with E-state index < -0.39 is 16.6 Å². The van der Waals surface area contributed by atoms with Crippen LogP contribution < -0.4 is 10.6 Å². The first-order chi connectivity index (χ1) is 22.0. The molecule has 0 heterocycles. The van der Waals surface area contributed by atoms with E-state index in [0.29, 0.717) is 30.2 Å². The lowest BCUT2D eigenvalue weighted by atomic mass is 10.1. The van der Waals surface area contributed by atoms with Crippen molar-refractivity contribution in [2.45, 2.75) is 86.9 Å². The van der Waals surface area contributed by atoms with Gasteiger partial charge < -0.3 is 15.0 Å². The van der Waals surface area contributed by atoms with Crippen LogP contribution in [0.2, 0.25) is 0 Å². The summed E-state index contributed by atoms with van der Waals surface area (Å²) in [6, 6.07) is 26.3. The Morgan fingerprint density at radius 2 is 1.37 bits per heavy atom. The highest BCUT2D eigenvalue weighted by Crippen LogP contribution is 2.22. The number of amidine groups is 1. The van der Waals surface area contributed by atoms with Gasteiger partial charge in [-0.15, -0.1) is 0 Å². The van der Waals surface area contributed by atoms with Gasteiger partial charge in [0.25, 0.3) is 0 Å². The van der Waals surface area contributed by atoms with Crippen molar-refractivity contribution in [3.8, 4) is 0 Å². The highest BCUT2D eigenvalue weighted by Gasteiger charge is 2.27. The van der Waals surface area contributed by atoms with E-state index in [1.165, 1.54) is 19.0 Å². The maximum absolute atomic E-state index is 12.5. The predicted octanol–water partition coefficient (Wildman–Crippen LogP) is 10.0. The van der Waals surface area contributed by atoms with Crippen LogP contribution in [-0.4, -0.2) is 27.4 Å².